The van der Waals surface area contributed by atoms with E-state index in [4.69, 9.17) is 16.9 Å². The number of pyridine rings is 1. The van der Waals surface area contributed by atoms with Crippen molar-refractivity contribution in [2.75, 3.05) is 31.7 Å². The van der Waals surface area contributed by atoms with E-state index in [1.54, 1.807) is 12.1 Å². The number of hydrogen-bond acceptors (Lipinski definition) is 9. The highest BCUT2D eigenvalue weighted by Gasteiger charge is 2.67. The molecule has 216 valence electrons. The summed E-state index contributed by atoms with van der Waals surface area (Å²) in [7, 11) is 0. The van der Waals surface area contributed by atoms with E-state index >= 15 is 4.39 Å². The number of amides is 1. The lowest BCUT2D eigenvalue weighted by Gasteiger charge is -2.38. The average molecular weight is 598 g/mol. The maximum absolute atomic E-state index is 15.4. The zero-order valence-electron chi connectivity index (χ0n) is 21.9. The first kappa shape index (κ1) is 27.8. The Balaban J connectivity index is 1.28. The maximum atomic E-state index is 15.4. The van der Waals surface area contributed by atoms with Gasteiger partial charge in [-0.3, -0.25) is 4.79 Å². The minimum Gasteiger partial charge on any atom is -0.463 e. The van der Waals surface area contributed by atoms with E-state index in [0.717, 1.165) is 16.7 Å². The number of anilines is 2. The van der Waals surface area contributed by atoms with Gasteiger partial charge in [-0.05, 0) is 30.7 Å². The minimum absolute atomic E-state index is 0.0245. The summed E-state index contributed by atoms with van der Waals surface area (Å²) in [5.74, 6) is -1.79. The minimum atomic E-state index is -2.89. The van der Waals surface area contributed by atoms with Gasteiger partial charge in [-0.15, -0.1) is 6.42 Å². The van der Waals surface area contributed by atoms with Gasteiger partial charge in [-0.1, -0.05) is 23.8 Å². The predicted octanol–water partition coefficient (Wildman–Crippen LogP) is 3.94. The van der Waals surface area contributed by atoms with Gasteiger partial charge in [0.1, 0.15) is 23.5 Å². The molecule has 3 aromatic rings. The molecular formula is C28H23F4N7O2S. The summed E-state index contributed by atoms with van der Waals surface area (Å²) in [6, 6.07) is 5.74. The van der Waals surface area contributed by atoms with Crippen molar-refractivity contribution in [1.29, 1.82) is 0 Å². The highest BCUT2D eigenvalue weighted by Crippen LogP contribution is 2.67. The molecule has 0 bridgehead atoms. The molecule has 6 rings (SSSR count). The first-order valence-electron chi connectivity index (χ1n) is 12.8. The number of fused-ring (bicyclic) bond motifs is 2. The lowest BCUT2D eigenvalue weighted by molar-refractivity contribution is -0.160. The molecule has 2 fully saturated rings. The molecule has 1 aromatic carbocycles. The standard InChI is InChI=1S/C28H23F4N7O2S/c1-2-9-41-21-12-35-23-19(37-21)6-8-34-24(23)36-16-3-4-18(30)17(10-16)28(13-29)20-11-26(20,42-25(33)38-28)7-5-22(40)39-14-27(31,32)15-39/h1,3-8,10,12,20H,9,11,13-15H2,(H2,33,38)(H,34,36)/b7-5+/t20-,26+,28-/m1/s1. The second kappa shape index (κ2) is 10.2. The van der Waals surface area contributed by atoms with Gasteiger partial charge < -0.3 is 20.7 Å². The third-order valence-corrected chi connectivity index (χ3v) is 8.71. The van der Waals surface area contributed by atoms with Gasteiger partial charge in [-0.2, -0.15) is 0 Å². The van der Waals surface area contributed by atoms with Gasteiger partial charge in [-0.25, -0.2) is 37.5 Å². The van der Waals surface area contributed by atoms with E-state index in [1.165, 1.54) is 36.7 Å². The van der Waals surface area contributed by atoms with Crippen molar-refractivity contribution in [3.63, 3.8) is 0 Å². The largest absolute Gasteiger partial charge is 0.463 e. The molecule has 0 unspecified atom stereocenters. The van der Waals surface area contributed by atoms with Gasteiger partial charge in [0.2, 0.25) is 11.8 Å². The molecule has 4 heterocycles. The van der Waals surface area contributed by atoms with Crippen LogP contribution in [-0.2, 0) is 10.3 Å². The van der Waals surface area contributed by atoms with Crippen LogP contribution in [0.4, 0.5) is 29.1 Å². The number of terminal acetylenes is 1. The van der Waals surface area contributed by atoms with Gasteiger partial charge >= 0.3 is 0 Å². The number of alkyl halides is 3. The molecule has 1 amide bonds. The number of benzene rings is 1. The molecule has 1 aliphatic carbocycles. The van der Waals surface area contributed by atoms with Crippen LogP contribution in [0.5, 0.6) is 5.88 Å². The third kappa shape index (κ3) is 4.87. The SMILES string of the molecule is C#CCOc1cnc2c(Nc3ccc(F)c([C@@]4(CF)N=C(N)S[C@@]5(/C=C/C(=O)N6CC(F)(F)C6)C[C@H]54)c3)nccc2n1. The molecule has 2 aromatic heterocycles. The fourth-order valence-electron chi connectivity index (χ4n) is 5.36. The molecule has 14 heteroatoms. The molecule has 3 atom stereocenters. The van der Waals surface area contributed by atoms with E-state index in [0.29, 0.717) is 29.0 Å². The summed E-state index contributed by atoms with van der Waals surface area (Å²) in [5, 5.41) is 3.12. The Morgan fingerprint density at radius 3 is 2.86 bits per heavy atom. The third-order valence-electron chi connectivity index (χ3n) is 7.44. The number of ether oxygens (including phenoxy) is 1. The lowest BCUT2D eigenvalue weighted by atomic mass is 9.84. The molecule has 1 saturated heterocycles. The smallest absolute Gasteiger partial charge is 0.282 e. The normalized spacial score (nSPS) is 25.7. The number of rotatable bonds is 8. The average Bonchev–Trinajstić information content (AvgIpc) is 3.69. The van der Waals surface area contributed by atoms with Crippen LogP contribution in [0.25, 0.3) is 11.0 Å². The number of thioether (sulfide) groups is 1. The number of hydrogen-bond donors (Lipinski definition) is 2. The number of nitrogens with two attached hydrogens (primary N) is 1. The molecule has 3 aliphatic rings. The van der Waals surface area contributed by atoms with Crippen LogP contribution >= 0.6 is 11.8 Å². The fourth-order valence-corrected chi connectivity index (χ4v) is 6.68. The zero-order valence-corrected chi connectivity index (χ0v) is 22.7. The number of aromatic nitrogens is 3. The number of amidine groups is 1. The first-order valence-corrected chi connectivity index (χ1v) is 13.6. The number of nitrogens with zero attached hydrogens (tertiary/aromatic N) is 5. The first-order chi connectivity index (χ1) is 20.1. The summed E-state index contributed by atoms with van der Waals surface area (Å²) in [4.78, 5) is 30.8. The van der Waals surface area contributed by atoms with Crippen molar-refractivity contribution < 1.29 is 27.1 Å². The number of carbonyl (C=O) groups excluding carboxylic acids is 1. The van der Waals surface area contributed by atoms with Crippen LogP contribution in [0, 0.1) is 24.1 Å². The van der Waals surface area contributed by atoms with Gasteiger partial charge in [0.05, 0.1) is 24.8 Å². The molecule has 2 aliphatic heterocycles. The number of likely N-dealkylation sites (tertiary alicyclic amines) is 1. The fraction of sp³-hybridized carbons (Fsp3) is 0.321. The Hall–Kier alpha value is -4.38. The second-order valence-electron chi connectivity index (χ2n) is 10.3. The summed E-state index contributed by atoms with van der Waals surface area (Å²) in [6.45, 7) is -2.33. The Morgan fingerprint density at radius 1 is 1.31 bits per heavy atom. The Morgan fingerprint density at radius 2 is 2.12 bits per heavy atom. The zero-order chi connectivity index (χ0) is 29.7. The number of nitrogens with one attached hydrogen (secondary N) is 1. The van der Waals surface area contributed by atoms with Crippen molar-refractivity contribution in [2.24, 2.45) is 16.6 Å². The summed E-state index contributed by atoms with van der Waals surface area (Å²) in [6.07, 6.45) is 11.2. The van der Waals surface area contributed by atoms with E-state index in [1.807, 2.05) is 0 Å². The van der Waals surface area contributed by atoms with Crippen molar-refractivity contribution >= 4 is 45.4 Å². The van der Waals surface area contributed by atoms with Crippen molar-refractivity contribution in [1.82, 2.24) is 19.9 Å². The number of aliphatic imine (C=N–C) groups is 1. The van der Waals surface area contributed by atoms with E-state index < -0.39 is 53.6 Å². The van der Waals surface area contributed by atoms with E-state index in [2.05, 4.69) is 31.2 Å². The summed E-state index contributed by atoms with van der Waals surface area (Å²) in [5.41, 5.74) is 5.69. The maximum Gasteiger partial charge on any atom is 0.282 e. The van der Waals surface area contributed by atoms with Gasteiger partial charge in [0.15, 0.2) is 17.6 Å². The van der Waals surface area contributed by atoms with Crippen LogP contribution in [-0.4, -0.2) is 68.0 Å². The molecule has 0 spiro atoms. The van der Waals surface area contributed by atoms with Crippen LogP contribution in [0.2, 0.25) is 0 Å². The van der Waals surface area contributed by atoms with Crippen LogP contribution < -0.4 is 15.8 Å². The van der Waals surface area contributed by atoms with E-state index in [-0.39, 0.29) is 23.2 Å². The Labute approximate surface area is 241 Å². The topological polar surface area (TPSA) is 119 Å². The Bertz CT molecular complexity index is 1690. The van der Waals surface area contributed by atoms with Gasteiger partial charge in [0.25, 0.3) is 5.92 Å². The van der Waals surface area contributed by atoms with E-state index in [9.17, 15) is 18.0 Å². The number of carbonyl (C=O) groups is 1. The molecule has 9 nitrogen and oxygen atoms in total. The summed E-state index contributed by atoms with van der Waals surface area (Å²) >= 11 is 1.15. The van der Waals surface area contributed by atoms with Crippen molar-refractivity contribution in [3.05, 3.63) is 60.2 Å². The van der Waals surface area contributed by atoms with Crippen LogP contribution in [0.1, 0.15) is 12.0 Å². The lowest BCUT2D eigenvalue weighted by Crippen LogP contribution is -2.58. The molecular weight excluding hydrogens is 574 g/mol. The molecule has 42 heavy (non-hydrogen) atoms. The summed E-state index contributed by atoms with van der Waals surface area (Å²) < 4.78 is 61.3. The monoisotopic (exact) mass is 597 g/mol. The Kier molecular flexibility index (Phi) is 6.72. The predicted molar refractivity (Wildman–Crippen MR) is 150 cm³/mol. The highest BCUT2D eigenvalue weighted by atomic mass is 32.2. The molecule has 3 N–H and O–H groups in total. The van der Waals surface area contributed by atoms with Crippen molar-refractivity contribution in [2.45, 2.75) is 22.6 Å². The van der Waals surface area contributed by atoms with Crippen LogP contribution in [0.15, 0.2) is 53.8 Å². The number of halogens is 4. The molecule has 0 radical (unpaired) electrons. The second-order valence-corrected chi connectivity index (χ2v) is 11.6. The van der Waals surface area contributed by atoms with Crippen LogP contribution in [0.3, 0.4) is 0 Å². The quantitative estimate of drug-likeness (QED) is 0.228. The highest BCUT2D eigenvalue weighted by molar-refractivity contribution is 8.15. The van der Waals surface area contributed by atoms with Gasteiger partial charge in [0, 0.05) is 34.2 Å². The van der Waals surface area contributed by atoms with Crippen molar-refractivity contribution in [3.8, 4) is 18.2 Å². The molecule has 1 saturated carbocycles.